The lowest BCUT2D eigenvalue weighted by atomic mass is 10.0. The Morgan fingerprint density at radius 3 is 2.86 bits per heavy atom. The van der Waals surface area contributed by atoms with E-state index < -0.39 is 0 Å². The first-order chi connectivity index (χ1) is 10.2. The van der Waals surface area contributed by atoms with Gasteiger partial charge in [0.25, 0.3) is 0 Å². The molecule has 2 heterocycles. The van der Waals surface area contributed by atoms with Crippen molar-refractivity contribution in [1.82, 2.24) is 5.32 Å². The number of nitrogens with one attached hydrogen (secondary N) is 1. The maximum atomic E-state index is 14.6. The van der Waals surface area contributed by atoms with Crippen molar-refractivity contribution in [1.29, 1.82) is 0 Å². The fourth-order valence-corrected chi connectivity index (χ4v) is 4.62. The standard InChI is InChI=1S/C16H16FNOS2/c1-3-18-16(10-5-4-6-11(19-2)15(10)17)14-9-13-12(21-14)7-8-20-13/h4-9,16,18H,3H2,1-2H3. The molecule has 0 aliphatic heterocycles. The molecule has 1 atom stereocenters. The van der Waals surface area contributed by atoms with Crippen molar-refractivity contribution in [3.8, 4) is 5.75 Å². The molecule has 110 valence electrons. The molecule has 0 saturated heterocycles. The predicted molar refractivity (Wildman–Crippen MR) is 88.2 cm³/mol. The van der Waals surface area contributed by atoms with Crippen molar-refractivity contribution in [2.24, 2.45) is 0 Å². The van der Waals surface area contributed by atoms with Gasteiger partial charge in [-0.1, -0.05) is 19.1 Å². The molecule has 0 bridgehead atoms. The summed E-state index contributed by atoms with van der Waals surface area (Å²) in [4.78, 5) is 1.13. The Morgan fingerprint density at radius 1 is 1.29 bits per heavy atom. The average molecular weight is 321 g/mol. The molecule has 3 rings (SSSR count). The van der Waals surface area contributed by atoms with Crippen LogP contribution in [-0.4, -0.2) is 13.7 Å². The molecule has 0 amide bonds. The first-order valence-corrected chi connectivity index (χ1v) is 8.47. The van der Waals surface area contributed by atoms with Crippen LogP contribution in [0, 0.1) is 5.82 Å². The highest BCUT2D eigenvalue weighted by Gasteiger charge is 2.21. The molecule has 0 radical (unpaired) electrons. The van der Waals surface area contributed by atoms with Gasteiger partial charge in [0.2, 0.25) is 0 Å². The highest BCUT2D eigenvalue weighted by Crippen LogP contribution is 2.37. The molecule has 2 aromatic heterocycles. The molecule has 1 unspecified atom stereocenters. The highest BCUT2D eigenvalue weighted by atomic mass is 32.1. The van der Waals surface area contributed by atoms with Crippen molar-refractivity contribution in [3.63, 3.8) is 0 Å². The van der Waals surface area contributed by atoms with Gasteiger partial charge in [-0.2, -0.15) is 0 Å². The van der Waals surface area contributed by atoms with Crippen LogP contribution in [0.1, 0.15) is 23.4 Å². The second-order valence-electron chi connectivity index (χ2n) is 4.65. The average Bonchev–Trinajstić information content (AvgIpc) is 3.06. The largest absolute Gasteiger partial charge is 0.494 e. The Morgan fingerprint density at radius 2 is 2.14 bits per heavy atom. The minimum atomic E-state index is -0.289. The zero-order valence-corrected chi connectivity index (χ0v) is 13.5. The fraction of sp³-hybridized carbons (Fsp3) is 0.250. The number of ether oxygens (including phenoxy) is 1. The first kappa shape index (κ1) is 14.5. The number of fused-ring (bicyclic) bond motifs is 1. The Bertz CT molecular complexity index is 721. The van der Waals surface area contributed by atoms with Gasteiger partial charge in [0, 0.05) is 19.8 Å². The number of thiophene rings is 2. The molecule has 0 fully saturated rings. The lowest BCUT2D eigenvalue weighted by Crippen LogP contribution is -2.22. The minimum Gasteiger partial charge on any atom is -0.494 e. The van der Waals surface area contributed by atoms with Gasteiger partial charge in [0.1, 0.15) is 0 Å². The van der Waals surface area contributed by atoms with Gasteiger partial charge < -0.3 is 10.1 Å². The summed E-state index contributed by atoms with van der Waals surface area (Å²) in [6.45, 7) is 2.80. The zero-order chi connectivity index (χ0) is 14.8. The van der Waals surface area contributed by atoms with E-state index in [2.05, 4.69) is 22.8 Å². The number of methoxy groups -OCH3 is 1. The van der Waals surface area contributed by atoms with Gasteiger partial charge in [-0.15, -0.1) is 22.7 Å². The lowest BCUT2D eigenvalue weighted by molar-refractivity contribution is 0.382. The van der Waals surface area contributed by atoms with Crippen LogP contribution in [0.25, 0.3) is 9.40 Å². The zero-order valence-electron chi connectivity index (χ0n) is 11.9. The van der Waals surface area contributed by atoms with Crippen LogP contribution in [0.3, 0.4) is 0 Å². The summed E-state index contributed by atoms with van der Waals surface area (Å²) in [5.41, 5.74) is 0.630. The number of benzene rings is 1. The molecule has 0 aliphatic rings. The summed E-state index contributed by atoms with van der Waals surface area (Å²) in [5, 5.41) is 5.46. The number of halogens is 1. The summed E-state index contributed by atoms with van der Waals surface area (Å²) in [6, 6.07) is 9.41. The van der Waals surface area contributed by atoms with Crippen LogP contribution in [0.15, 0.2) is 35.7 Å². The molecule has 0 saturated carbocycles. The van der Waals surface area contributed by atoms with Crippen LogP contribution < -0.4 is 10.1 Å². The Kier molecular flexibility index (Phi) is 4.24. The van der Waals surface area contributed by atoms with Gasteiger partial charge in [-0.3, -0.25) is 0 Å². The van der Waals surface area contributed by atoms with Gasteiger partial charge in [-0.25, -0.2) is 4.39 Å². The van der Waals surface area contributed by atoms with Crippen molar-refractivity contribution < 1.29 is 9.13 Å². The summed E-state index contributed by atoms with van der Waals surface area (Å²) in [6.07, 6.45) is 0. The molecule has 0 spiro atoms. The van der Waals surface area contributed by atoms with E-state index in [-0.39, 0.29) is 17.6 Å². The maximum Gasteiger partial charge on any atom is 0.170 e. The van der Waals surface area contributed by atoms with E-state index >= 15 is 0 Å². The fourth-order valence-electron chi connectivity index (χ4n) is 2.40. The van der Waals surface area contributed by atoms with Gasteiger partial charge in [0.05, 0.1) is 13.2 Å². The number of rotatable bonds is 5. The summed E-state index contributed by atoms with van der Waals surface area (Å²) in [7, 11) is 1.49. The van der Waals surface area contributed by atoms with E-state index in [0.29, 0.717) is 5.56 Å². The lowest BCUT2D eigenvalue weighted by Gasteiger charge is -2.18. The molecule has 1 aromatic carbocycles. The number of hydrogen-bond donors (Lipinski definition) is 1. The molecule has 5 heteroatoms. The molecule has 3 aromatic rings. The smallest absolute Gasteiger partial charge is 0.170 e. The second kappa shape index (κ2) is 6.13. The first-order valence-electron chi connectivity index (χ1n) is 6.77. The maximum absolute atomic E-state index is 14.6. The van der Waals surface area contributed by atoms with E-state index in [1.54, 1.807) is 28.7 Å². The molecule has 1 N–H and O–H groups in total. The van der Waals surface area contributed by atoms with Gasteiger partial charge in [0.15, 0.2) is 11.6 Å². The van der Waals surface area contributed by atoms with Crippen LogP contribution in [0.2, 0.25) is 0 Å². The van der Waals surface area contributed by atoms with Crippen molar-refractivity contribution in [2.75, 3.05) is 13.7 Å². The SMILES string of the molecule is CCNC(c1cc2sccc2s1)c1cccc(OC)c1F. The highest BCUT2D eigenvalue weighted by molar-refractivity contribution is 7.27. The minimum absolute atomic E-state index is 0.144. The summed E-state index contributed by atoms with van der Waals surface area (Å²) in [5.74, 6) is -0.00326. The number of hydrogen-bond acceptors (Lipinski definition) is 4. The van der Waals surface area contributed by atoms with E-state index in [1.807, 2.05) is 19.1 Å². The van der Waals surface area contributed by atoms with E-state index in [9.17, 15) is 4.39 Å². The van der Waals surface area contributed by atoms with Crippen LogP contribution in [-0.2, 0) is 0 Å². The van der Waals surface area contributed by atoms with Gasteiger partial charge in [-0.05, 0) is 30.1 Å². The summed E-state index contributed by atoms with van der Waals surface area (Å²) >= 11 is 3.42. The second-order valence-corrected chi connectivity index (χ2v) is 6.72. The van der Waals surface area contributed by atoms with E-state index in [0.717, 1.165) is 11.4 Å². The van der Waals surface area contributed by atoms with Crippen molar-refractivity contribution in [2.45, 2.75) is 13.0 Å². The third-order valence-corrected chi connectivity index (χ3v) is 5.53. The molecular formula is C16H16FNOS2. The summed E-state index contributed by atoms with van der Waals surface area (Å²) < 4.78 is 22.2. The third kappa shape index (κ3) is 2.69. The predicted octanol–water partition coefficient (Wildman–Crippen LogP) is 4.81. The van der Waals surface area contributed by atoms with Crippen LogP contribution in [0.5, 0.6) is 5.75 Å². The Labute approximate surface area is 131 Å². The topological polar surface area (TPSA) is 21.3 Å². The van der Waals surface area contributed by atoms with Crippen molar-refractivity contribution >= 4 is 32.1 Å². The molecular weight excluding hydrogens is 305 g/mol. The van der Waals surface area contributed by atoms with Gasteiger partial charge >= 0.3 is 0 Å². The molecule has 21 heavy (non-hydrogen) atoms. The molecule has 2 nitrogen and oxygen atoms in total. The Balaban J connectivity index is 2.07. The van der Waals surface area contributed by atoms with Crippen molar-refractivity contribution in [3.05, 3.63) is 52.0 Å². The van der Waals surface area contributed by atoms with E-state index in [1.165, 1.54) is 16.5 Å². The molecule has 0 aliphatic carbocycles. The third-order valence-electron chi connectivity index (χ3n) is 3.38. The quantitative estimate of drug-likeness (QED) is 0.728. The van der Waals surface area contributed by atoms with Crippen LogP contribution >= 0.6 is 22.7 Å². The normalized spacial score (nSPS) is 12.7. The van der Waals surface area contributed by atoms with E-state index in [4.69, 9.17) is 4.74 Å². The Hall–Kier alpha value is -1.43. The monoisotopic (exact) mass is 321 g/mol. The van der Waals surface area contributed by atoms with Crippen LogP contribution in [0.4, 0.5) is 4.39 Å².